The Morgan fingerprint density at radius 3 is 2.57 bits per heavy atom. The summed E-state index contributed by atoms with van der Waals surface area (Å²) in [5, 5.41) is 10.9. The predicted molar refractivity (Wildman–Crippen MR) is 132 cm³/mol. The molecule has 0 radical (unpaired) electrons. The molecule has 35 heavy (non-hydrogen) atoms. The number of ether oxygens (including phenoxy) is 1. The van der Waals surface area contributed by atoms with Crippen molar-refractivity contribution in [3.63, 3.8) is 0 Å². The average Bonchev–Trinajstić information content (AvgIpc) is 3.57. The Kier molecular flexibility index (Phi) is 13.8. The van der Waals surface area contributed by atoms with Crippen molar-refractivity contribution >= 4 is 18.4 Å². The summed E-state index contributed by atoms with van der Waals surface area (Å²) >= 11 is 0. The first kappa shape index (κ1) is 29.6. The molecule has 1 fully saturated rings. The predicted octanol–water partition coefficient (Wildman–Crippen LogP) is 3.92. The van der Waals surface area contributed by atoms with E-state index in [4.69, 9.17) is 10.5 Å². The van der Waals surface area contributed by atoms with Gasteiger partial charge in [-0.05, 0) is 51.3 Å². The van der Waals surface area contributed by atoms with Crippen LogP contribution in [0.25, 0.3) is 6.20 Å². The van der Waals surface area contributed by atoms with Crippen LogP contribution in [0.5, 0.6) is 5.75 Å². The van der Waals surface area contributed by atoms with Crippen molar-refractivity contribution in [3.05, 3.63) is 60.0 Å². The SMILES string of the molecule is C/C=C/n1nnc(C(=O)NC2CC2)c1CCCOc1ccc(F)c(F)c1.C=CC(C)C=O.CCN. The number of benzene rings is 1. The zero-order valence-electron chi connectivity index (χ0n) is 20.5. The molecule has 3 rings (SSSR count). The van der Waals surface area contributed by atoms with Crippen LogP contribution in [0.4, 0.5) is 8.78 Å². The monoisotopic (exact) mass is 491 g/mol. The first-order valence-corrected chi connectivity index (χ1v) is 11.5. The fourth-order valence-corrected chi connectivity index (χ4v) is 2.52. The first-order valence-electron chi connectivity index (χ1n) is 11.5. The van der Waals surface area contributed by atoms with Gasteiger partial charge in [-0.15, -0.1) is 11.7 Å². The summed E-state index contributed by atoms with van der Waals surface area (Å²) in [6.07, 6.45) is 9.05. The maximum absolute atomic E-state index is 13.2. The molecular formula is C25H35F2N5O3. The molecule has 1 aliphatic carbocycles. The molecule has 3 N–H and O–H groups in total. The number of hydrogen-bond acceptors (Lipinski definition) is 6. The molecule has 0 bridgehead atoms. The average molecular weight is 492 g/mol. The molecule has 1 saturated carbocycles. The summed E-state index contributed by atoms with van der Waals surface area (Å²) in [6, 6.07) is 3.64. The number of allylic oxidation sites excluding steroid dienone is 2. The fourth-order valence-electron chi connectivity index (χ4n) is 2.52. The molecule has 1 amide bonds. The highest BCUT2D eigenvalue weighted by Gasteiger charge is 2.27. The van der Waals surface area contributed by atoms with Crippen LogP contribution in [0.15, 0.2) is 36.9 Å². The van der Waals surface area contributed by atoms with Crippen LogP contribution < -0.4 is 15.8 Å². The van der Waals surface area contributed by atoms with Crippen LogP contribution in [0.2, 0.25) is 0 Å². The van der Waals surface area contributed by atoms with Crippen molar-refractivity contribution in [3.8, 4) is 5.75 Å². The van der Waals surface area contributed by atoms with Gasteiger partial charge in [0.15, 0.2) is 17.3 Å². The lowest BCUT2D eigenvalue weighted by atomic mass is 10.2. The number of rotatable bonds is 10. The van der Waals surface area contributed by atoms with Gasteiger partial charge in [0.05, 0.1) is 12.3 Å². The van der Waals surface area contributed by atoms with E-state index in [1.165, 1.54) is 6.07 Å². The number of carbonyl (C=O) groups is 2. The molecule has 1 atom stereocenters. The van der Waals surface area contributed by atoms with E-state index in [1.807, 2.05) is 13.8 Å². The van der Waals surface area contributed by atoms with E-state index in [2.05, 4.69) is 22.2 Å². The molecule has 10 heteroatoms. The number of amides is 1. The summed E-state index contributed by atoms with van der Waals surface area (Å²) in [5.74, 6) is -1.80. The second-order valence-corrected chi connectivity index (χ2v) is 7.73. The second kappa shape index (κ2) is 16.3. The molecule has 1 heterocycles. The van der Waals surface area contributed by atoms with Gasteiger partial charge < -0.3 is 20.6 Å². The lowest BCUT2D eigenvalue weighted by Gasteiger charge is -2.08. The lowest BCUT2D eigenvalue weighted by Crippen LogP contribution is -2.27. The largest absolute Gasteiger partial charge is 0.493 e. The minimum atomic E-state index is -0.947. The minimum absolute atomic E-state index is 0.0185. The van der Waals surface area contributed by atoms with Gasteiger partial charge >= 0.3 is 0 Å². The summed E-state index contributed by atoms with van der Waals surface area (Å²) in [7, 11) is 0. The molecule has 1 aromatic heterocycles. The van der Waals surface area contributed by atoms with Gasteiger partial charge in [-0.2, -0.15) is 0 Å². The molecular weight excluding hydrogens is 456 g/mol. The molecule has 1 aromatic carbocycles. The third kappa shape index (κ3) is 11.0. The maximum Gasteiger partial charge on any atom is 0.273 e. The summed E-state index contributed by atoms with van der Waals surface area (Å²) in [5.41, 5.74) is 5.85. The highest BCUT2D eigenvalue weighted by molar-refractivity contribution is 5.93. The van der Waals surface area contributed by atoms with Crippen molar-refractivity contribution in [2.75, 3.05) is 13.2 Å². The third-order valence-electron chi connectivity index (χ3n) is 4.51. The van der Waals surface area contributed by atoms with Crippen molar-refractivity contribution in [1.29, 1.82) is 0 Å². The number of aromatic nitrogens is 3. The summed E-state index contributed by atoms with van der Waals surface area (Å²) in [6.45, 7) is 9.98. The second-order valence-electron chi connectivity index (χ2n) is 7.73. The molecule has 2 aromatic rings. The van der Waals surface area contributed by atoms with E-state index in [-0.39, 0.29) is 30.2 Å². The Hall–Kier alpha value is -3.40. The van der Waals surface area contributed by atoms with Gasteiger partial charge in [-0.1, -0.05) is 31.2 Å². The molecule has 0 aliphatic heterocycles. The molecule has 8 nitrogen and oxygen atoms in total. The van der Waals surface area contributed by atoms with Crippen LogP contribution in [0, 0.1) is 17.6 Å². The number of halogens is 2. The highest BCUT2D eigenvalue weighted by Crippen LogP contribution is 2.20. The fraction of sp³-hybridized carbons (Fsp3) is 0.440. The van der Waals surface area contributed by atoms with Crippen LogP contribution >= 0.6 is 0 Å². The number of nitrogens with two attached hydrogens (primary N) is 1. The lowest BCUT2D eigenvalue weighted by molar-refractivity contribution is -0.109. The van der Waals surface area contributed by atoms with E-state index in [0.717, 1.165) is 37.8 Å². The van der Waals surface area contributed by atoms with Gasteiger partial charge in [0, 0.05) is 24.2 Å². The van der Waals surface area contributed by atoms with Crippen LogP contribution in [-0.2, 0) is 11.2 Å². The summed E-state index contributed by atoms with van der Waals surface area (Å²) in [4.78, 5) is 22.0. The van der Waals surface area contributed by atoms with E-state index in [9.17, 15) is 18.4 Å². The molecule has 0 saturated heterocycles. The minimum Gasteiger partial charge on any atom is -0.493 e. The Balaban J connectivity index is 0.000000586. The van der Waals surface area contributed by atoms with Crippen LogP contribution in [0.3, 0.4) is 0 Å². The topological polar surface area (TPSA) is 112 Å². The van der Waals surface area contributed by atoms with Crippen molar-refractivity contribution in [2.45, 2.75) is 52.5 Å². The quantitative estimate of drug-likeness (QED) is 0.296. The van der Waals surface area contributed by atoms with Gasteiger partial charge in [-0.3, -0.25) is 4.79 Å². The molecule has 0 spiro atoms. The Morgan fingerprint density at radius 2 is 2.06 bits per heavy atom. The van der Waals surface area contributed by atoms with Gasteiger partial charge in [-0.25, -0.2) is 13.5 Å². The summed E-state index contributed by atoms with van der Waals surface area (Å²) < 4.78 is 33.1. The van der Waals surface area contributed by atoms with Crippen molar-refractivity contribution in [1.82, 2.24) is 20.3 Å². The van der Waals surface area contributed by atoms with Gasteiger partial charge in [0.1, 0.15) is 12.0 Å². The van der Waals surface area contributed by atoms with Gasteiger partial charge in [0.25, 0.3) is 5.91 Å². The molecule has 192 valence electrons. The van der Waals surface area contributed by atoms with Crippen molar-refractivity contribution in [2.24, 2.45) is 11.7 Å². The van der Waals surface area contributed by atoms with Crippen LogP contribution in [0.1, 0.15) is 56.2 Å². The van der Waals surface area contributed by atoms with Crippen molar-refractivity contribution < 1.29 is 23.1 Å². The maximum atomic E-state index is 13.2. The smallest absolute Gasteiger partial charge is 0.273 e. The number of nitrogens with zero attached hydrogens (tertiary/aromatic N) is 3. The number of hydrogen-bond donors (Lipinski definition) is 2. The van der Waals surface area contributed by atoms with E-state index in [1.54, 1.807) is 30.0 Å². The Labute approximate surface area is 205 Å². The number of aldehydes is 1. The van der Waals surface area contributed by atoms with Crippen LogP contribution in [-0.4, -0.2) is 46.4 Å². The Bertz CT molecular complexity index is 966. The molecule has 1 aliphatic rings. The zero-order valence-corrected chi connectivity index (χ0v) is 20.5. The standard InChI is InChI=1S/C18H20F2N4O2.C5H8O.C2H7N/c1-2-9-24-16(17(22-23-24)18(25)21-12-5-6-12)4-3-10-26-13-7-8-14(19)15(20)11-13;1-3-5(2)4-6;1-2-3/h2,7-9,11-12H,3-6,10H2,1H3,(H,21,25);3-5H,1H2,2H3;2-3H2,1H3/b9-2+;;. The normalized spacial score (nSPS) is 13.1. The molecule has 1 unspecified atom stereocenters. The number of carbonyl (C=O) groups excluding carboxylic acids is 2. The first-order chi connectivity index (χ1) is 16.8. The Morgan fingerprint density at radius 1 is 1.37 bits per heavy atom. The zero-order chi connectivity index (χ0) is 26.2. The van der Waals surface area contributed by atoms with E-state index < -0.39 is 11.6 Å². The number of nitrogens with one attached hydrogen (secondary N) is 1. The highest BCUT2D eigenvalue weighted by atomic mass is 19.2. The van der Waals surface area contributed by atoms with E-state index >= 15 is 0 Å². The third-order valence-corrected chi connectivity index (χ3v) is 4.51. The van der Waals surface area contributed by atoms with Gasteiger partial charge in [0.2, 0.25) is 0 Å². The van der Waals surface area contributed by atoms with E-state index in [0.29, 0.717) is 24.2 Å².